The number of hydrogen-bond acceptors (Lipinski definition) is 4. The smallest absolute Gasteiger partial charge is 0.407 e. The fourth-order valence-electron chi connectivity index (χ4n) is 1.97. The predicted molar refractivity (Wildman–Crippen MR) is 65.8 cm³/mol. The number of ether oxygens (including phenoxy) is 1. The van der Waals surface area contributed by atoms with E-state index in [-0.39, 0.29) is 18.6 Å². The number of aliphatic hydroxyl groups is 1. The summed E-state index contributed by atoms with van der Waals surface area (Å²) >= 11 is 0. The van der Waals surface area contributed by atoms with Crippen LogP contribution >= 0.6 is 0 Å². The molecule has 3 N–H and O–H groups in total. The molecule has 1 fully saturated rings. The molecule has 0 aromatic heterocycles. The largest absolute Gasteiger partial charge is 0.444 e. The highest BCUT2D eigenvalue weighted by atomic mass is 16.6. The third-order valence-electron chi connectivity index (χ3n) is 2.83. The molecule has 5 nitrogen and oxygen atoms in total. The molecule has 1 heterocycles. The van der Waals surface area contributed by atoms with Crippen LogP contribution in [0.3, 0.4) is 0 Å². The first kappa shape index (κ1) is 14.3. The first-order chi connectivity index (χ1) is 7.92. The number of nitrogens with one attached hydrogen (secondary N) is 2. The molecule has 0 aromatic carbocycles. The Morgan fingerprint density at radius 2 is 2.06 bits per heavy atom. The van der Waals surface area contributed by atoms with E-state index in [0.29, 0.717) is 0 Å². The highest BCUT2D eigenvalue weighted by Crippen LogP contribution is 2.15. The van der Waals surface area contributed by atoms with E-state index in [1.165, 1.54) is 0 Å². The topological polar surface area (TPSA) is 70.6 Å². The van der Waals surface area contributed by atoms with Gasteiger partial charge in [-0.05, 0) is 46.7 Å². The third-order valence-corrected chi connectivity index (χ3v) is 2.83. The van der Waals surface area contributed by atoms with E-state index in [2.05, 4.69) is 10.6 Å². The lowest BCUT2D eigenvalue weighted by atomic mass is 9.96. The van der Waals surface area contributed by atoms with Crippen molar-refractivity contribution in [2.75, 3.05) is 19.7 Å². The van der Waals surface area contributed by atoms with Crippen LogP contribution in [0.5, 0.6) is 0 Å². The van der Waals surface area contributed by atoms with Gasteiger partial charge in [-0.25, -0.2) is 4.79 Å². The second kappa shape index (κ2) is 6.21. The van der Waals surface area contributed by atoms with Crippen LogP contribution in [-0.4, -0.2) is 42.5 Å². The van der Waals surface area contributed by atoms with Gasteiger partial charge in [-0.2, -0.15) is 0 Å². The molecule has 0 radical (unpaired) electrons. The maximum absolute atomic E-state index is 11.7. The Balaban J connectivity index is 2.49. The average molecular weight is 244 g/mol. The minimum atomic E-state index is -0.484. The monoisotopic (exact) mass is 244 g/mol. The fourth-order valence-corrected chi connectivity index (χ4v) is 1.97. The molecule has 0 spiro atoms. The second-order valence-corrected chi connectivity index (χ2v) is 5.52. The number of hydrogen-bond donors (Lipinski definition) is 3. The highest BCUT2D eigenvalue weighted by molar-refractivity contribution is 5.68. The van der Waals surface area contributed by atoms with E-state index < -0.39 is 11.7 Å². The predicted octanol–water partition coefficient (Wildman–Crippen LogP) is 0.872. The van der Waals surface area contributed by atoms with E-state index in [0.717, 1.165) is 25.9 Å². The summed E-state index contributed by atoms with van der Waals surface area (Å²) in [5.41, 5.74) is -0.484. The minimum Gasteiger partial charge on any atom is -0.444 e. The fraction of sp³-hybridized carbons (Fsp3) is 0.917. The number of rotatable bonds is 2. The van der Waals surface area contributed by atoms with E-state index >= 15 is 0 Å². The summed E-state index contributed by atoms with van der Waals surface area (Å²) in [6.45, 7) is 7.36. The Morgan fingerprint density at radius 3 is 2.65 bits per heavy atom. The lowest BCUT2D eigenvalue weighted by Crippen LogP contribution is -2.44. The summed E-state index contributed by atoms with van der Waals surface area (Å²) in [7, 11) is 0. The third kappa shape index (κ3) is 5.37. The summed E-state index contributed by atoms with van der Waals surface area (Å²) in [6, 6.07) is -0.00940. The lowest BCUT2D eigenvalue weighted by Gasteiger charge is -2.26. The Hall–Kier alpha value is -0.810. The van der Waals surface area contributed by atoms with Gasteiger partial charge >= 0.3 is 6.09 Å². The van der Waals surface area contributed by atoms with Crippen molar-refractivity contribution in [2.24, 2.45) is 5.92 Å². The first-order valence-electron chi connectivity index (χ1n) is 6.23. The number of amides is 1. The number of alkyl carbamates (subject to hydrolysis) is 1. The maximum Gasteiger partial charge on any atom is 0.407 e. The van der Waals surface area contributed by atoms with Gasteiger partial charge in [-0.15, -0.1) is 0 Å². The molecular weight excluding hydrogens is 220 g/mol. The van der Waals surface area contributed by atoms with Crippen LogP contribution in [0.1, 0.15) is 33.6 Å². The van der Waals surface area contributed by atoms with Gasteiger partial charge in [0.15, 0.2) is 0 Å². The summed E-state index contributed by atoms with van der Waals surface area (Å²) in [5.74, 6) is 0.109. The molecule has 5 heteroatoms. The van der Waals surface area contributed by atoms with Crippen molar-refractivity contribution in [3.05, 3.63) is 0 Å². The normalized spacial score (nSPS) is 26.1. The molecule has 0 unspecified atom stereocenters. The molecule has 1 aliphatic rings. The molecule has 0 aromatic rings. The van der Waals surface area contributed by atoms with Crippen molar-refractivity contribution in [1.29, 1.82) is 0 Å². The van der Waals surface area contributed by atoms with Crippen LogP contribution in [0.4, 0.5) is 4.79 Å². The van der Waals surface area contributed by atoms with Gasteiger partial charge in [0.2, 0.25) is 0 Å². The SMILES string of the molecule is CC(C)(C)OC(=O)N[C@@H]1CCNCC[C@H]1CO. The van der Waals surface area contributed by atoms with E-state index in [9.17, 15) is 9.90 Å². The van der Waals surface area contributed by atoms with Gasteiger partial charge in [0, 0.05) is 18.6 Å². The van der Waals surface area contributed by atoms with E-state index in [4.69, 9.17) is 4.74 Å². The molecule has 2 atom stereocenters. The van der Waals surface area contributed by atoms with Crippen LogP contribution in [-0.2, 0) is 4.74 Å². The van der Waals surface area contributed by atoms with Crippen molar-refractivity contribution in [3.8, 4) is 0 Å². The van der Waals surface area contributed by atoms with E-state index in [1.807, 2.05) is 20.8 Å². The second-order valence-electron chi connectivity index (χ2n) is 5.52. The Bertz CT molecular complexity index is 251. The zero-order valence-corrected chi connectivity index (χ0v) is 11.0. The maximum atomic E-state index is 11.7. The molecule has 1 saturated heterocycles. The average Bonchev–Trinajstić information content (AvgIpc) is 2.39. The molecule has 1 aliphatic heterocycles. The summed E-state index contributed by atoms with van der Waals surface area (Å²) in [4.78, 5) is 11.7. The molecule has 1 rings (SSSR count). The molecule has 0 saturated carbocycles. The lowest BCUT2D eigenvalue weighted by molar-refractivity contribution is 0.0469. The van der Waals surface area contributed by atoms with Crippen molar-refractivity contribution >= 4 is 6.09 Å². The molecule has 100 valence electrons. The standard InChI is InChI=1S/C12H24N2O3/c1-12(2,3)17-11(16)14-10-5-7-13-6-4-9(10)8-15/h9-10,13,15H,4-8H2,1-3H3,(H,14,16)/t9-,10+/m0/s1. The van der Waals surface area contributed by atoms with Crippen LogP contribution in [0.2, 0.25) is 0 Å². The van der Waals surface area contributed by atoms with Gasteiger partial charge in [0.25, 0.3) is 0 Å². The first-order valence-corrected chi connectivity index (χ1v) is 6.23. The number of carbonyl (C=O) groups excluding carboxylic acids is 1. The zero-order valence-electron chi connectivity index (χ0n) is 11.0. The van der Waals surface area contributed by atoms with Crippen molar-refractivity contribution < 1.29 is 14.6 Å². The number of carbonyl (C=O) groups is 1. The van der Waals surface area contributed by atoms with Crippen LogP contribution in [0, 0.1) is 5.92 Å². The highest BCUT2D eigenvalue weighted by Gasteiger charge is 2.26. The minimum absolute atomic E-state index is 0.00940. The van der Waals surface area contributed by atoms with Crippen molar-refractivity contribution in [1.82, 2.24) is 10.6 Å². The summed E-state index contributed by atoms with van der Waals surface area (Å²) in [6.07, 6.45) is 1.30. The van der Waals surface area contributed by atoms with Gasteiger partial charge in [0.05, 0.1) is 0 Å². The van der Waals surface area contributed by atoms with Crippen LogP contribution in [0.25, 0.3) is 0 Å². The van der Waals surface area contributed by atoms with E-state index in [1.54, 1.807) is 0 Å². The van der Waals surface area contributed by atoms with Gasteiger partial charge in [0.1, 0.15) is 5.60 Å². The van der Waals surface area contributed by atoms with Crippen molar-refractivity contribution in [3.63, 3.8) is 0 Å². The Labute approximate surface area is 103 Å². The Morgan fingerprint density at radius 1 is 1.41 bits per heavy atom. The van der Waals surface area contributed by atoms with Crippen LogP contribution in [0.15, 0.2) is 0 Å². The molecule has 0 bridgehead atoms. The molecule has 17 heavy (non-hydrogen) atoms. The molecule has 1 amide bonds. The van der Waals surface area contributed by atoms with Gasteiger partial charge < -0.3 is 20.5 Å². The van der Waals surface area contributed by atoms with Crippen molar-refractivity contribution in [2.45, 2.75) is 45.3 Å². The summed E-state index contributed by atoms with van der Waals surface area (Å²) in [5, 5.41) is 15.4. The zero-order chi connectivity index (χ0) is 12.9. The quantitative estimate of drug-likeness (QED) is 0.674. The van der Waals surface area contributed by atoms with Gasteiger partial charge in [-0.1, -0.05) is 0 Å². The Kier molecular flexibility index (Phi) is 5.21. The summed E-state index contributed by atoms with van der Waals surface area (Å²) < 4.78 is 5.22. The number of aliphatic hydroxyl groups excluding tert-OH is 1. The molecular formula is C12H24N2O3. The van der Waals surface area contributed by atoms with Crippen LogP contribution < -0.4 is 10.6 Å². The van der Waals surface area contributed by atoms with Gasteiger partial charge in [-0.3, -0.25) is 0 Å². The molecule has 0 aliphatic carbocycles.